The molecule has 4 rings (SSSR count). The van der Waals surface area contributed by atoms with E-state index in [-0.39, 0.29) is 27.7 Å². The van der Waals surface area contributed by atoms with Crippen molar-refractivity contribution in [3.8, 4) is 5.69 Å². The SMILES string of the molecule is Cc1ccc(-n2c(SCC(=O)Nc3cc(Cl)ccc3[N+](=O)[O-])nc3ccccc3c2=O)cc1C. The number of aryl methyl sites for hydroxylation is 2. The first-order valence-electron chi connectivity index (χ1n) is 10.2. The fraction of sp³-hybridized carbons (Fsp3) is 0.125. The molecule has 172 valence electrons. The fourth-order valence-corrected chi connectivity index (χ4v) is 4.37. The van der Waals surface area contributed by atoms with Gasteiger partial charge in [0.25, 0.3) is 11.2 Å². The van der Waals surface area contributed by atoms with Crippen LogP contribution in [-0.4, -0.2) is 26.1 Å². The average molecular weight is 495 g/mol. The third kappa shape index (κ3) is 4.80. The zero-order valence-corrected chi connectivity index (χ0v) is 19.8. The Morgan fingerprint density at radius 1 is 1.12 bits per heavy atom. The number of nitro benzene ring substituents is 1. The van der Waals surface area contributed by atoms with Crippen LogP contribution in [0.2, 0.25) is 5.02 Å². The van der Waals surface area contributed by atoms with Crippen LogP contribution in [0.15, 0.2) is 70.6 Å². The van der Waals surface area contributed by atoms with Crippen LogP contribution in [0.25, 0.3) is 16.6 Å². The molecule has 0 bridgehead atoms. The van der Waals surface area contributed by atoms with E-state index in [1.54, 1.807) is 24.3 Å². The second-order valence-corrected chi connectivity index (χ2v) is 8.96. The van der Waals surface area contributed by atoms with Gasteiger partial charge in [0.1, 0.15) is 5.69 Å². The molecule has 0 atom stereocenters. The summed E-state index contributed by atoms with van der Waals surface area (Å²) in [5, 5.41) is 14.9. The van der Waals surface area contributed by atoms with Crippen LogP contribution in [0.4, 0.5) is 11.4 Å². The third-order valence-corrected chi connectivity index (χ3v) is 6.43. The van der Waals surface area contributed by atoms with E-state index in [9.17, 15) is 19.7 Å². The Morgan fingerprint density at radius 2 is 1.88 bits per heavy atom. The van der Waals surface area contributed by atoms with Crippen molar-refractivity contribution in [3.63, 3.8) is 0 Å². The Labute approximate surface area is 203 Å². The van der Waals surface area contributed by atoms with Crippen molar-refractivity contribution in [2.45, 2.75) is 19.0 Å². The number of rotatable bonds is 6. The van der Waals surface area contributed by atoms with Crippen molar-refractivity contribution < 1.29 is 9.72 Å². The van der Waals surface area contributed by atoms with Crippen LogP contribution in [0.1, 0.15) is 11.1 Å². The topological polar surface area (TPSA) is 107 Å². The first-order chi connectivity index (χ1) is 16.2. The Bertz CT molecular complexity index is 1500. The summed E-state index contributed by atoms with van der Waals surface area (Å²) < 4.78 is 1.48. The van der Waals surface area contributed by atoms with E-state index in [0.717, 1.165) is 22.9 Å². The first-order valence-corrected chi connectivity index (χ1v) is 11.6. The standard InChI is InChI=1S/C24H19ClN4O4S/c1-14-7-9-17(11-15(14)2)28-23(31)18-5-3-4-6-19(18)27-24(28)34-13-22(30)26-20-12-16(25)8-10-21(20)29(32)33/h3-12H,13H2,1-2H3,(H,26,30). The number of nitrogens with one attached hydrogen (secondary N) is 1. The minimum absolute atomic E-state index is 0.00104. The highest BCUT2D eigenvalue weighted by atomic mass is 35.5. The van der Waals surface area contributed by atoms with E-state index in [4.69, 9.17) is 11.6 Å². The number of fused-ring (bicyclic) bond motifs is 1. The summed E-state index contributed by atoms with van der Waals surface area (Å²) in [5.74, 6) is -0.622. The lowest BCUT2D eigenvalue weighted by Gasteiger charge is -2.14. The van der Waals surface area contributed by atoms with Gasteiger partial charge in [0.2, 0.25) is 5.91 Å². The molecule has 0 fully saturated rings. The van der Waals surface area contributed by atoms with Gasteiger partial charge >= 0.3 is 0 Å². The molecule has 0 radical (unpaired) electrons. The average Bonchev–Trinajstić information content (AvgIpc) is 2.79. The predicted molar refractivity (Wildman–Crippen MR) is 134 cm³/mol. The molecule has 4 aromatic rings. The molecule has 1 N–H and O–H groups in total. The molecule has 0 saturated carbocycles. The van der Waals surface area contributed by atoms with Gasteiger partial charge in [0, 0.05) is 11.1 Å². The second kappa shape index (κ2) is 9.66. The van der Waals surface area contributed by atoms with Gasteiger partial charge in [-0.25, -0.2) is 4.98 Å². The number of anilines is 1. The first kappa shape index (κ1) is 23.5. The molecular weight excluding hydrogens is 476 g/mol. The van der Waals surface area contributed by atoms with Crippen molar-refractivity contribution in [1.82, 2.24) is 9.55 Å². The minimum atomic E-state index is -0.596. The van der Waals surface area contributed by atoms with Gasteiger partial charge in [-0.05, 0) is 61.4 Å². The quantitative estimate of drug-likeness (QED) is 0.169. The molecule has 34 heavy (non-hydrogen) atoms. The van der Waals surface area contributed by atoms with Crippen molar-refractivity contribution in [3.05, 3.63) is 97.3 Å². The number of nitrogens with zero attached hydrogens (tertiary/aromatic N) is 3. The van der Waals surface area contributed by atoms with Crippen LogP contribution in [0.3, 0.4) is 0 Å². The normalized spacial score (nSPS) is 10.9. The molecular formula is C24H19ClN4O4S. The maximum atomic E-state index is 13.4. The molecule has 0 spiro atoms. The largest absolute Gasteiger partial charge is 0.320 e. The number of aromatic nitrogens is 2. The van der Waals surface area contributed by atoms with Crippen molar-refractivity contribution in [1.29, 1.82) is 0 Å². The van der Waals surface area contributed by atoms with Gasteiger partial charge < -0.3 is 5.32 Å². The van der Waals surface area contributed by atoms with Crippen LogP contribution in [0, 0.1) is 24.0 Å². The van der Waals surface area contributed by atoms with Crippen LogP contribution < -0.4 is 10.9 Å². The molecule has 0 saturated heterocycles. The maximum absolute atomic E-state index is 13.4. The molecule has 1 aromatic heterocycles. The number of hydrogen-bond acceptors (Lipinski definition) is 6. The molecule has 1 amide bonds. The Morgan fingerprint density at radius 3 is 2.62 bits per heavy atom. The fourth-order valence-electron chi connectivity index (χ4n) is 3.39. The van der Waals surface area contributed by atoms with E-state index in [2.05, 4.69) is 10.3 Å². The Hall–Kier alpha value is -3.69. The number of carbonyl (C=O) groups is 1. The van der Waals surface area contributed by atoms with Gasteiger partial charge in [0.05, 0.1) is 27.3 Å². The predicted octanol–water partition coefficient (Wildman–Crippen LogP) is 5.29. The Kier molecular flexibility index (Phi) is 6.67. The monoisotopic (exact) mass is 494 g/mol. The van der Waals surface area contributed by atoms with Gasteiger partial charge in [-0.1, -0.05) is 41.6 Å². The summed E-state index contributed by atoms with van der Waals surface area (Å²) >= 11 is 7.00. The highest BCUT2D eigenvalue weighted by molar-refractivity contribution is 7.99. The van der Waals surface area contributed by atoms with E-state index < -0.39 is 10.8 Å². The van der Waals surface area contributed by atoms with E-state index in [1.165, 1.54) is 22.8 Å². The lowest BCUT2D eigenvalue weighted by atomic mass is 10.1. The molecule has 0 aliphatic rings. The van der Waals surface area contributed by atoms with Gasteiger partial charge in [-0.2, -0.15) is 0 Å². The van der Waals surface area contributed by atoms with E-state index >= 15 is 0 Å². The number of nitro groups is 1. The number of benzene rings is 3. The lowest BCUT2D eigenvalue weighted by Crippen LogP contribution is -2.23. The molecule has 3 aromatic carbocycles. The third-order valence-electron chi connectivity index (χ3n) is 5.26. The molecule has 0 aliphatic heterocycles. The highest BCUT2D eigenvalue weighted by Gasteiger charge is 2.18. The van der Waals surface area contributed by atoms with Crippen molar-refractivity contribution in [2.24, 2.45) is 0 Å². The number of amides is 1. The number of hydrogen-bond donors (Lipinski definition) is 1. The summed E-state index contributed by atoms with van der Waals surface area (Å²) in [7, 11) is 0. The maximum Gasteiger partial charge on any atom is 0.292 e. The lowest BCUT2D eigenvalue weighted by molar-refractivity contribution is -0.383. The van der Waals surface area contributed by atoms with Crippen molar-refractivity contribution >= 4 is 51.5 Å². The summed E-state index contributed by atoms with van der Waals surface area (Å²) in [4.78, 5) is 41.3. The molecule has 10 heteroatoms. The molecule has 0 unspecified atom stereocenters. The van der Waals surface area contributed by atoms with Gasteiger partial charge in [0.15, 0.2) is 5.16 Å². The van der Waals surface area contributed by atoms with Gasteiger partial charge in [-0.3, -0.25) is 24.3 Å². The molecule has 0 aliphatic carbocycles. The van der Waals surface area contributed by atoms with E-state index in [0.29, 0.717) is 21.7 Å². The molecule has 1 heterocycles. The van der Waals surface area contributed by atoms with E-state index in [1.807, 2.05) is 32.0 Å². The second-order valence-electron chi connectivity index (χ2n) is 7.58. The van der Waals surface area contributed by atoms with Crippen molar-refractivity contribution in [2.75, 3.05) is 11.1 Å². The number of para-hydroxylation sites is 1. The summed E-state index contributed by atoms with van der Waals surface area (Å²) in [5.41, 5.74) is 2.74. The zero-order valence-electron chi connectivity index (χ0n) is 18.2. The zero-order chi connectivity index (χ0) is 24.4. The number of thioether (sulfide) groups is 1. The summed E-state index contributed by atoms with van der Waals surface area (Å²) in [6.07, 6.45) is 0. The van der Waals surface area contributed by atoms with Crippen LogP contribution in [0.5, 0.6) is 0 Å². The van der Waals surface area contributed by atoms with Crippen LogP contribution >= 0.6 is 23.4 Å². The summed E-state index contributed by atoms with van der Waals surface area (Å²) in [6.45, 7) is 3.94. The minimum Gasteiger partial charge on any atom is -0.320 e. The van der Waals surface area contributed by atoms with Gasteiger partial charge in [-0.15, -0.1) is 0 Å². The summed E-state index contributed by atoms with van der Waals surface area (Å²) in [6, 6.07) is 16.6. The highest BCUT2D eigenvalue weighted by Crippen LogP contribution is 2.28. The van der Waals surface area contributed by atoms with Crippen LogP contribution in [-0.2, 0) is 4.79 Å². The number of carbonyl (C=O) groups excluding carboxylic acids is 1. The Balaban J connectivity index is 1.69. The smallest absolute Gasteiger partial charge is 0.292 e. The molecule has 8 nitrogen and oxygen atoms in total. The number of halogens is 1.